The normalized spacial score (nSPS) is 27.5. The summed E-state index contributed by atoms with van der Waals surface area (Å²) < 4.78 is 16.9. The molecule has 1 unspecified atom stereocenters. The smallest absolute Gasteiger partial charge is 0.276 e. The van der Waals surface area contributed by atoms with Crippen molar-refractivity contribution in [2.45, 2.75) is 24.0 Å². The van der Waals surface area contributed by atoms with E-state index in [9.17, 15) is 29.7 Å². The Bertz CT molecular complexity index is 1640. The molecule has 6 N–H and O–H groups in total. The quantitative estimate of drug-likeness (QED) is 0.276. The number of phenolic OH excluding ortho intramolecular Hbond substituents is 1. The van der Waals surface area contributed by atoms with Gasteiger partial charge in [0.2, 0.25) is 0 Å². The lowest BCUT2D eigenvalue weighted by atomic mass is 9.57. The molecule has 1 spiro atoms. The van der Waals surface area contributed by atoms with Crippen LogP contribution in [0.4, 0.5) is 10.1 Å². The van der Waals surface area contributed by atoms with Crippen molar-refractivity contribution in [1.82, 2.24) is 14.7 Å². The van der Waals surface area contributed by atoms with E-state index < -0.39 is 58.0 Å². The van der Waals surface area contributed by atoms with Crippen molar-refractivity contribution < 1.29 is 34.1 Å². The lowest BCUT2D eigenvalue weighted by Gasteiger charge is -2.58. The summed E-state index contributed by atoms with van der Waals surface area (Å²) in [7, 11) is 5.05. The van der Waals surface area contributed by atoms with Crippen LogP contribution in [0.15, 0.2) is 46.6 Å². The highest BCUT2D eigenvalue weighted by Crippen LogP contribution is 2.67. The van der Waals surface area contributed by atoms with Crippen molar-refractivity contribution in [1.29, 1.82) is 0 Å². The number of likely N-dealkylation sites (N-methyl/N-ethyl adjacent to an activating group) is 1. The number of carbonyl (C=O) groups is 3. The number of amides is 2. The molecule has 0 radical (unpaired) electrons. The molecule has 1 saturated carbocycles. The second-order valence-electron chi connectivity index (χ2n) is 10.8. The van der Waals surface area contributed by atoms with Crippen LogP contribution in [0.2, 0.25) is 0 Å². The number of allylic oxidation sites excluding steroid dienone is 1. The van der Waals surface area contributed by atoms with E-state index in [2.05, 4.69) is 10.4 Å². The van der Waals surface area contributed by atoms with Crippen molar-refractivity contribution >= 4 is 37.6 Å². The van der Waals surface area contributed by atoms with Crippen molar-refractivity contribution in [2.24, 2.45) is 24.6 Å². The zero-order chi connectivity index (χ0) is 28.8. The fourth-order valence-corrected chi connectivity index (χ4v) is 8.38. The molecule has 4 aliphatic rings. The summed E-state index contributed by atoms with van der Waals surface area (Å²) in [5.41, 5.74) is 5.44. The highest BCUT2D eigenvalue weighted by atomic mass is 31.1. The van der Waals surface area contributed by atoms with Crippen molar-refractivity contribution in [3.8, 4) is 5.75 Å². The third-order valence-electron chi connectivity index (χ3n) is 8.45. The number of aliphatic hydroxyl groups is 2. The summed E-state index contributed by atoms with van der Waals surface area (Å²) in [4.78, 5) is 41.1. The number of halogens is 1. The summed E-state index contributed by atoms with van der Waals surface area (Å²) >= 11 is 0. The van der Waals surface area contributed by atoms with Crippen molar-refractivity contribution in [3.63, 3.8) is 0 Å². The molecule has 1 aromatic carbocycles. The first-order valence-electron chi connectivity index (χ1n) is 12.6. The van der Waals surface area contributed by atoms with Crippen LogP contribution >= 0.6 is 8.58 Å². The number of anilines is 1. The lowest BCUT2D eigenvalue weighted by Crippen LogP contribution is -2.63. The lowest BCUT2D eigenvalue weighted by molar-refractivity contribution is -0.122. The number of phenols is 1. The summed E-state index contributed by atoms with van der Waals surface area (Å²) in [6.45, 7) is 0. The van der Waals surface area contributed by atoms with Gasteiger partial charge in [0.15, 0.2) is 17.2 Å². The summed E-state index contributed by atoms with van der Waals surface area (Å²) in [5.74, 6) is -3.43. The van der Waals surface area contributed by atoms with Crippen molar-refractivity contribution in [3.05, 3.63) is 69.3 Å². The number of aromatic hydroxyl groups is 1. The highest BCUT2D eigenvalue weighted by Gasteiger charge is 2.65. The van der Waals surface area contributed by atoms with Gasteiger partial charge in [0, 0.05) is 36.4 Å². The van der Waals surface area contributed by atoms with Gasteiger partial charge in [0.1, 0.15) is 17.3 Å². The first-order chi connectivity index (χ1) is 18.9. The van der Waals surface area contributed by atoms with Gasteiger partial charge >= 0.3 is 0 Å². The number of aryl methyl sites for hydroxylation is 1. The van der Waals surface area contributed by atoms with E-state index in [0.29, 0.717) is 12.0 Å². The predicted molar refractivity (Wildman–Crippen MR) is 145 cm³/mol. The van der Waals surface area contributed by atoms with E-state index in [1.165, 1.54) is 10.7 Å². The average Bonchev–Trinajstić information content (AvgIpc) is 3.30. The van der Waals surface area contributed by atoms with E-state index in [1.807, 2.05) is 0 Å². The number of benzene rings is 1. The number of nitrogens with two attached hydrogens (primary N) is 1. The minimum absolute atomic E-state index is 0.0103. The molecule has 40 heavy (non-hydrogen) atoms. The number of aliphatic hydroxyl groups excluding tert-OH is 2. The standard InChI is InChI=1S/C27H27FN5O6P/c1-32(2)20-12-7-10-6-11-14(28)8-16(30-26(39)15-4-5-33(3)31-15)21(34)18(11)22(35)17(10)24(37)27(12)13(9-40-27)19(23(20)36)25(29)38/h4-5,8-10,12,20,34-36,40H,6-7H2,1-3H3,(H2,29,38)(H,30,39)/t10-,12-,20-,27+/m0/s1. The second kappa shape index (κ2) is 8.74. The Morgan fingerprint density at radius 2 is 2.02 bits per heavy atom. The second-order valence-corrected chi connectivity index (χ2v) is 12.2. The Hall–Kier alpha value is -4.02. The summed E-state index contributed by atoms with van der Waals surface area (Å²) in [6, 6.07) is 1.73. The van der Waals surface area contributed by atoms with Gasteiger partial charge in [-0.15, -0.1) is 0 Å². The third-order valence-corrected chi connectivity index (χ3v) is 10.2. The molecular formula is C27H27FN5O6P. The van der Waals surface area contributed by atoms with E-state index in [4.69, 9.17) is 5.73 Å². The Morgan fingerprint density at radius 1 is 1.30 bits per heavy atom. The van der Waals surface area contributed by atoms with E-state index in [-0.39, 0.29) is 54.4 Å². The molecule has 1 aliphatic heterocycles. The number of rotatable bonds is 4. The number of fused-ring (bicyclic) bond motifs is 2. The largest absolute Gasteiger partial charge is 0.510 e. The molecule has 0 saturated heterocycles. The molecular weight excluding hydrogens is 540 g/mol. The van der Waals surface area contributed by atoms with Crippen LogP contribution < -0.4 is 11.1 Å². The Morgan fingerprint density at radius 3 is 2.60 bits per heavy atom. The fraction of sp³-hybridized carbons (Fsp3) is 0.333. The van der Waals surface area contributed by atoms with Crippen LogP contribution in [0, 0.1) is 17.7 Å². The molecule has 13 heteroatoms. The van der Waals surface area contributed by atoms with Crippen molar-refractivity contribution in [2.75, 3.05) is 19.4 Å². The number of hydrogen-bond acceptors (Lipinski definition) is 8. The molecule has 6 rings (SSSR count). The Labute approximate surface area is 229 Å². The van der Waals surface area contributed by atoms with Crippen LogP contribution in [-0.2, 0) is 23.1 Å². The van der Waals surface area contributed by atoms with Gasteiger partial charge < -0.3 is 26.4 Å². The summed E-state index contributed by atoms with van der Waals surface area (Å²) in [5, 5.41) is 38.9. The minimum atomic E-state index is -1.18. The number of hydrogen-bond donors (Lipinski definition) is 5. The van der Waals surface area contributed by atoms with Crippen LogP contribution in [-0.4, -0.2) is 72.9 Å². The fourth-order valence-electron chi connectivity index (χ4n) is 6.76. The predicted octanol–water partition coefficient (Wildman–Crippen LogP) is 2.10. The molecule has 11 nitrogen and oxygen atoms in total. The number of nitrogens with zero attached hydrogens (tertiary/aromatic N) is 3. The Kier molecular flexibility index (Phi) is 5.73. The number of ketones is 1. The minimum Gasteiger partial charge on any atom is -0.510 e. The molecule has 5 atom stereocenters. The van der Waals surface area contributed by atoms with Gasteiger partial charge in [-0.2, -0.15) is 5.10 Å². The van der Waals surface area contributed by atoms with Crippen LogP contribution in [0.5, 0.6) is 5.75 Å². The maximum Gasteiger partial charge on any atom is 0.276 e. The molecule has 3 aliphatic carbocycles. The molecule has 2 aromatic rings. The molecule has 2 amide bonds. The highest BCUT2D eigenvalue weighted by molar-refractivity contribution is 7.48. The average molecular weight is 568 g/mol. The molecule has 1 aromatic heterocycles. The van der Waals surface area contributed by atoms with Crippen LogP contribution in [0.25, 0.3) is 5.76 Å². The Balaban J connectivity index is 1.47. The maximum absolute atomic E-state index is 15.5. The van der Waals surface area contributed by atoms with Gasteiger partial charge in [-0.25, -0.2) is 4.39 Å². The monoisotopic (exact) mass is 567 g/mol. The van der Waals surface area contributed by atoms with Crippen LogP contribution in [0.1, 0.15) is 28.0 Å². The SMILES string of the molecule is CN(C)[C@@H]1C(O)=C(C(N)=O)C2=CP[C@@]23C(=O)C2=C(O)c4c(O)c(NC(=O)c5ccn(C)n5)cc(F)c4C[C@H]2C[C@@H]13. The molecule has 208 valence electrons. The number of primary amides is 1. The van der Waals surface area contributed by atoms with E-state index in [0.717, 1.165) is 6.07 Å². The van der Waals surface area contributed by atoms with Gasteiger partial charge in [0.05, 0.1) is 28.0 Å². The topological polar surface area (TPSA) is 171 Å². The first-order valence-corrected chi connectivity index (χ1v) is 13.7. The van der Waals surface area contributed by atoms with Gasteiger partial charge in [0.25, 0.3) is 11.8 Å². The number of aromatic nitrogens is 2. The zero-order valence-corrected chi connectivity index (χ0v) is 22.8. The number of Topliss-reactive ketones (excluding diaryl/α,β-unsaturated/α-hetero) is 1. The van der Waals surface area contributed by atoms with Gasteiger partial charge in [-0.05, 0) is 44.5 Å². The molecule has 2 heterocycles. The first kappa shape index (κ1) is 26.2. The van der Waals surface area contributed by atoms with Gasteiger partial charge in [-0.1, -0.05) is 14.4 Å². The van der Waals surface area contributed by atoms with Gasteiger partial charge in [-0.3, -0.25) is 24.0 Å². The third kappa shape index (κ3) is 3.35. The zero-order valence-electron chi connectivity index (χ0n) is 21.8. The number of nitrogens with one attached hydrogen (secondary N) is 1. The molecule has 0 bridgehead atoms. The maximum atomic E-state index is 15.5. The summed E-state index contributed by atoms with van der Waals surface area (Å²) in [6.07, 6.45) is 1.87. The van der Waals surface area contributed by atoms with E-state index >= 15 is 4.39 Å². The number of carbonyl (C=O) groups excluding carboxylic acids is 3. The van der Waals surface area contributed by atoms with E-state index in [1.54, 1.807) is 38.1 Å². The van der Waals surface area contributed by atoms with Crippen LogP contribution in [0.3, 0.4) is 0 Å². The molecule has 1 fully saturated rings.